The summed E-state index contributed by atoms with van der Waals surface area (Å²) in [6.45, 7) is 4.93. The number of pyridine rings is 2. The number of aromatic nitrogens is 3. The van der Waals surface area contributed by atoms with Gasteiger partial charge in [0.2, 0.25) is 0 Å². The summed E-state index contributed by atoms with van der Waals surface area (Å²) < 4.78 is 0. The standard InChI is InChI=1S/C21H23N5OS/c1-16-20(28-19(24-16)9-8-17-6-2-4-10-22-17)21(27)26-14-12-25(13-15-26)18-7-3-5-11-23-18/h2-7,10-11H,8-9,12-15H2,1H3. The molecule has 1 aliphatic heterocycles. The minimum absolute atomic E-state index is 0.0970. The van der Waals surface area contributed by atoms with E-state index in [4.69, 9.17) is 0 Å². The number of aryl methyl sites for hydroxylation is 3. The van der Waals surface area contributed by atoms with E-state index in [9.17, 15) is 4.79 Å². The van der Waals surface area contributed by atoms with Crippen LogP contribution in [-0.2, 0) is 12.8 Å². The Morgan fingerprint density at radius 2 is 1.75 bits per heavy atom. The summed E-state index contributed by atoms with van der Waals surface area (Å²) in [5.41, 5.74) is 1.88. The van der Waals surface area contributed by atoms with Crippen molar-refractivity contribution in [1.29, 1.82) is 0 Å². The molecule has 0 radical (unpaired) electrons. The molecule has 1 fully saturated rings. The van der Waals surface area contributed by atoms with E-state index in [0.29, 0.717) is 13.1 Å². The first-order valence-corrected chi connectivity index (χ1v) is 10.3. The third-order valence-electron chi connectivity index (χ3n) is 4.90. The monoisotopic (exact) mass is 393 g/mol. The van der Waals surface area contributed by atoms with Crippen molar-refractivity contribution in [2.45, 2.75) is 19.8 Å². The van der Waals surface area contributed by atoms with E-state index in [0.717, 1.165) is 53.0 Å². The van der Waals surface area contributed by atoms with Crippen molar-refractivity contribution in [3.05, 3.63) is 70.1 Å². The molecule has 0 spiro atoms. The van der Waals surface area contributed by atoms with E-state index in [1.165, 1.54) is 11.3 Å². The Balaban J connectivity index is 1.37. The Labute approximate surface area is 168 Å². The number of anilines is 1. The van der Waals surface area contributed by atoms with Crippen LogP contribution in [0.1, 0.15) is 26.1 Å². The minimum atomic E-state index is 0.0970. The predicted octanol–water partition coefficient (Wildman–Crippen LogP) is 2.99. The molecule has 3 aromatic heterocycles. The Morgan fingerprint density at radius 1 is 1.00 bits per heavy atom. The van der Waals surface area contributed by atoms with Crippen LogP contribution in [0.4, 0.5) is 5.82 Å². The molecule has 4 heterocycles. The highest BCUT2D eigenvalue weighted by Crippen LogP contribution is 2.23. The Morgan fingerprint density at radius 3 is 2.43 bits per heavy atom. The highest BCUT2D eigenvalue weighted by Gasteiger charge is 2.25. The lowest BCUT2D eigenvalue weighted by Crippen LogP contribution is -2.49. The Hall–Kier alpha value is -2.80. The molecule has 3 aromatic rings. The molecule has 1 aliphatic rings. The van der Waals surface area contributed by atoms with Gasteiger partial charge in [0.1, 0.15) is 10.7 Å². The molecule has 0 unspecified atom stereocenters. The molecule has 1 amide bonds. The zero-order valence-electron chi connectivity index (χ0n) is 15.9. The van der Waals surface area contributed by atoms with Gasteiger partial charge in [-0.2, -0.15) is 0 Å². The zero-order chi connectivity index (χ0) is 19.3. The molecule has 4 rings (SSSR count). The molecule has 1 saturated heterocycles. The number of rotatable bonds is 5. The normalized spacial score (nSPS) is 14.3. The number of hydrogen-bond donors (Lipinski definition) is 0. The van der Waals surface area contributed by atoms with Gasteiger partial charge in [-0.3, -0.25) is 9.78 Å². The molecule has 28 heavy (non-hydrogen) atoms. The van der Waals surface area contributed by atoms with Crippen LogP contribution < -0.4 is 4.90 Å². The maximum atomic E-state index is 13.0. The van der Waals surface area contributed by atoms with E-state index in [1.54, 1.807) is 6.20 Å². The van der Waals surface area contributed by atoms with Gasteiger partial charge in [-0.05, 0) is 37.6 Å². The summed E-state index contributed by atoms with van der Waals surface area (Å²) in [7, 11) is 0. The van der Waals surface area contributed by atoms with Gasteiger partial charge < -0.3 is 9.80 Å². The summed E-state index contributed by atoms with van der Waals surface area (Å²) in [4.78, 5) is 31.3. The third kappa shape index (κ3) is 4.20. The average Bonchev–Trinajstić information content (AvgIpc) is 3.14. The van der Waals surface area contributed by atoms with Crippen LogP contribution in [0.25, 0.3) is 0 Å². The summed E-state index contributed by atoms with van der Waals surface area (Å²) in [6, 6.07) is 11.9. The number of hydrogen-bond acceptors (Lipinski definition) is 6. The SMILES string of the molecule is Cc1nc(CCc2ccccn2)sc1C(=O)N1CCN(c2ccccn2)CC1. The van der Waals surface area contributed by atoms with Gasteiger partial charge in [0.25, 0.3) is 5.91 Å². The lowest BCUT2D eigenvalue weighted by Gasteiger charge is -2.35. The van der Waals surface area contributed by atoms with Crippen molar-refractivity contribution in [2.75, 3.05) is 31.1 Å². The fourth-order valence-corrected chi connectivity index (χ4v) is 4.39. The van der Waals surface area contributed by atoms with Gasteiger partial charge in [-0.1, -0.05) is 12.1 Å². The fraction of sp³-hybridized carbons (Fsp3) is 0.333. The van der Waals surface area contributed by atoms with Gasteiger partial charge in [0.05, 0.1) is 10.7 Å². The molecule has 7 heteroatoms. The second kappa shape index (κ2) is 8.48. The first-order valence-electron chi connectivity index (χ1n) is 9.52. The highest BCUT2D eigenvalue weighted by molar-refractivity contribution is 7.13. The molecule has 144 valence electrons. The molecule has 0 bridgehead atoms. The van der Waals surface area contributed by atoms with Crippen molar-refractivity contribution in [1.82, 2.24) is 19.9 Å². The number of piperazine rings is 1. The molecule has 6 nitrogen and oxygen atoms in total. The first kappa shape index (κ1) is 18.6. The van der Waals surface area contributed by atoms with Crippen molar-refractivity contribution in [2.24, 2.45) is 0 Å². The van der Waals surface area contributed by atoms with Crippen molar-refractivity contribution < 1.29 is 4.79 Å². The second-order valence-electron chi connectivity index (χ2n) is 6.81. The van der Waals surface area contributed by atoms with Gasteiger partial charge in [0, 0.05) is 50.7 Å². The number of amides is 1. The van der Waals surface area contributed by atoms with E-state index in [-0.39, 0.29) is 5.91 Å². The largest absolute Gasteiger partial charge is 0.353 e. The van der Waals surface area contributed by atoms with E-state index in [1.807, 2.05) is 54.4 Å². The third-order valence-corrected chi connectivity index (χ3v) is 6.10. The maximum absolute atomic E-state index is 13.0. The highest BCUT2D eigenvalue weighted by atomic mass is 32.1. The summed E-state index contributed by atoms with van der Waals surface area (Å²) in [5, 5.41) is 0.999. The van der Waals surface area contributed by atoms with Gasteiger partial charge in [0.15, 0.2) is 0 Å². The summed E-state index contributed by atoms with van der Waals surface area (Å²) in [5.74, 6) is 1.07. The van der Waals surface area contributed by atoms with Gasteiger partial charge >= 0.3 is 0 Å². The Kier molecular flexibility index (Phi) is 5.62. The van der Waals surface area contributed by atoms with E-state index >= 15 is 0 Å². The lowest BCUT2D eigenvalue weighted by atomic mass is 10.2. The quantitative estimate of drug-likeness (QED) is 0.667. The van der Waals surface area contributed by atoms with Crippen LogP contribution in [0.3, 0.4) is 0 Å². The number of nitrogens with zero attached hydrogens (tertiary/aromatic N) is 5. The van der Waals surface area contributed by atoms with Crippen LogP contribution in [-0.4, -0.2) is 51.9 Å². The zero-order valence-corrected chi connectivity index (χ0v) is 16.7. The second-order valence-corrected chi connectivity index (χ2v) is 7.89. The van der Waals surface area contributed by atoms with E-state index in [2.05, 4.69) is 19.9 Å². The molecular formula is C21H23N5OS. The van der Waals surface area contributed by atoms with Crippen LogP contribution in [0.5, 0.6) is 0 Å². The smallest absolute Gasteiger partial charge is 0.265 e. The lowest BCUT2D eigenvalue weighted by molar-refractivity contribution is 0.0750. The summed E-state index contributed by atoms with van der Waals surface area (Å²) >= 11 is 1.52. The number of carbonyl (C=O) groups is 1. The number of carbonyl (C=O) groups excluding carboxylic acids is 1. The predicted molar refractivity (Wildman–Crippen MR) is 111 cm³/mol. The molecule has 0 aromatic carbocycles. The Bertz CT molecular complexity index is 920. The molecule has 0 saturated carbocycles. The van der Waals surface area contributed by atoms with Crippen molar-refractivity contribution in [3.63, 3.8) is 0 Å². The maximum Gasteiger partial charge on any atom is 0.265 e. The molecule has 0 N–H and O–H groups in total. The topological polar surface area (TPSA) is 62.2 Å². The first-order chi connectivity index (χ1) is 13.7. The van der Waals surface area contributed by atoms with Crippen LogP contribution in [0, 0.1) is 6.92 Å². The van der Waals surface area contributed by atoms with Crippen LogP contribution >= 0.6 is 11.3 Å². The van der Waals surface area contributed by atoms with Gasteiger partial charge in [-0.25, -0.2) is 9.97 Å². The van der Waals surface area contributed by atoms with Crippen molar-refractivity contribution in [3.8, 4) is 0 Å². The van der Waals surface area contributed by atoms with Crippen molar-refractivity contribution >= 4 is 23.1 Å². The molecule has 0 aliphatic carbocycles. The molecule has 0 atom stereocenters. The van der Waals surface area contributed by atoms with Crippen LogP contribution in [0.2, 0.25) is 0 Å². The number of thiazole rings is 1. The minimum Gasteiger partial charge on any atom is -0.353 e. The summed E-state index contributed by atoms with van der Waals surface area (Å²) in [6.07, 6.45) is 5.26. The molecular weight excluding hydrogens is 370 g/mol. The fourth-order valence-electron chi connectivity index (χ4n) is 3.36. The van der Waals surface area contributed by atoms with E-state index < -0.39 is 0 Å². The van der Waals surface area contributed by atoms with Gasteiger partial charge in [-0.15, -0.1) is 11.3 Å². The van der Waals surface area contributed by atoms with Crippen LogP contribution in [0.15, 0.2) is 48.8 Å². The average molecular weight is 394 g/mol.